The van der Waals surface area contributed by atoms with Crippen LogP contribution in [0.25, 0.3) is 10.8 Å². The molecule has 1 heterocycles. The van der Waals surface area contributed by atoms with Gasteiger partial charge in [0.05, 0.1) is 5.56 Å². The Hall–Kier alpha value is -2.77. The summed E-state index contributed by atoms with van der Waals surface area (Å²) in [6.07, 6.45) is 2.77. The van der Waals surface area contributed by atoms with E-state index in [1.54, 1.807) is 6.07 Å². The van der Waals surface area contributed by atoms with Crippen LogP contribution < -0.4 is 16.4 Å². The molecule has 166 valence electrons. The van der Waals surface area contributed by atoms with Crippen molar-refractivity contribution in [3.8, 4) is 0 Å². The van der Waals surface area contributed by atoms with Crippen molar-refractivity contribution in [2.24, 2.45) is 17.1 Å². The molecule has 7 heteroatoms. The SMILES string of the molecule is CC(C)(C)C1CCc2c(sc(NC(=S)NC(=O)c3ccc4ccccc4c3)c2C(N)=O)C1. The van der Waals surface area contributed by atoms with Crippen LogP contribution in [0.1, 0.15) is 58.3 Å². The van der Waals surface area contributed by atoms with E-state index in [-0.39, 0.29) is 16.4 Å². The predicted octanol–water partition coefficient (Wildman–Crippen LogP) is 5.28. The van der Waals surface area contributed by atoms with Crippen molar-refractivity contribution in [1.29, 1.82) is 0 Å². The zero-order valence-electron chi connectivity index (χ0n) is 18.5. The van der Waals surface area contributed by atoms with E-state index in [2.05, 4.69) is 31.4 Å². The molecule has 3 aromatic rings. The molecule has 1 aliphatic rings. The molecule has 1 aromatic heterocycles. The number of hydrogen-bond donors (Lipinski definition) is 3. The zero-order chi connectivity index (χ0) is 23.0. The van der Waals surface area contributed by atoms with Crippen molar-refractivity contribution in [3.63, 3.8) is 0 Å². The van der Waals surface area contributed by atoms with E-state index >= 15 is 0 Å². The number of rotatable bonds is 3. The van der Waals surface area contributed by atoms with E-state index in [1.807, 2.05) is 36.4 Å². The number of amides is 2. The summed E-state index contributed by atoms with van der Waals surface area (Å²) >= 11 is 6.90. The minimum atomic E-state index is -0.470. The first-order chi connectivity index (χ1) is 15.1. The van der Waals surface area contributed by atoms with E-state index in [4.69, 9.17) is 18.0 Å². The summed E-state index contributed by atoms with van der Waals surface area (Å²) in [5.74, 6) is -0.229. The lowest BCUT2D eigenvalue weighted by molar-refractivity contribution is 0.0975. The topological polar surface area (TPSA) is 84.2 Å². The van der Waals surface area contributed by atoms with Crippen molar-refractivity contribution in [1.82, 2.24) is 5.32 Å². The fourth-order valence-electron chi connectivity index (χ4n) is 4.31. The number of hydrogen-bond acceptors (Lipinski definition) is 4. The molecule has 0 spiro atoms. The fraction of sp³-hybridized carbons (Fsp3) is 0.320. The molecule has 4 rings (SSSR count). The minimum absolute atomic E-state index is 0.150. The molecule has 0 fully saturated rings. The van der Waals surface area contributed by atoms with Crippen LogP contribution in [-0.4, -0.2) is 16.9 Å². The maximum absolute atomic E-state index is 12.7. The second-order valence-corrected chi connectivity index (χ2v) is 10.9. The van der Waals surface area contributed by atoms with Gasteiger partial charge in [0.1, 0.15) is 5.00 Å². The number of thiophene rings is 1. The van der Waals surface area contributed by atoms with Crippen molar-refractivity contribution < 1.29 is 9.59 Å². The van der Waals surface area contributed by atoms with Gasteiger partial charge >= 0.3 is 0 Å². The highest BCUT2D eigenvalue weighted by molar-refractivity contribution is 7.80. The maximum atomic E-state index is 12.7. The Kier molecular flexibility index (Phi) is 6.05. The highest BCUT2D eigenvalue weighted by atomic mass is 32.1. The number of carbonyl (C=O) groups excluding carboxylic acids is 2. The number of nitrogens with two attached hydrogens (primary N) is 1. The van der Waals surface area contributed by atoms with Crippen molar-refractivity contribution in [2.45, 2.75) is 40.0 Å². The highest BCUT2D eigenvalue weighted by Crippen LogP contribution is 2.44. The van der Waals surface area contributed by atoms with Gasteiger partial charge in [-0.05, 0) is 71.3 Å². The van der Waals surface area contributed by atoms with Crippen LogP contribution in [0.2, 0.25) is 0 Å². The van der Waals surface area contributed by atoms with Gasteiger partial charge < -0.3 is 11.1 Å². The molecular formula is C25H27N3O2S2. The van der Waals surface area contributed by atoms with Gasteiger partial charge in [0.15, 0.2) is 5.11 Å². The molecule has 0 saturated heterocycles. The third-order valence-corrected chi connectivity index (χ3v) is 7.58. The Morgan fingerprint density at radius 2 is 1.84 bits per heavy atom. The quantitative estimate of drug-likeness (QED) is 0.460. The van der Waals surface area contributed by atoms with Gasteiger partial charge in [-0.1, -0.05) is 51.1 Å². The molecule has 5 nitrogen and oxygen atoms in total. The average molecular weight is 466 g/mol. The number of primary amides is 1. The number of benzene rings is 2. The third-order valence-electron chi connectivity index (χ3n) is 6.20. The van der Waals surface area contributed by atoms with E-state index in [0.29, 0.717) is 22.0 Å². The molecule has 1 atom stereocenters. The smallest absolute Gasteiger partial charge is 0.257 e. The maximum Gasteiger partial charge on any atom is 0.257 e. The molecule has 2 aromatic carbocycles. The van der Waals surface area contributed by atoms with Crippen LogP contribution >= 0.6 is 23.6 Å². The van der Waals surface area contributed by atoms with Gasteiger partial charge in [-0.25, -0.2) is 0 Å². The summed E-state index contributed by atoms with van der Waals surface area (Å²) in [6.45, 7) is 6.76. The van der Waals surface area contributed by atoms with Gasteiger partial charge in [-0.3, -0.25) is 14.9 Å². The second kappa shape index (κ2) is 8.64. The Balaban J connectivity index is 1.52. The van der Waals surface area contributed by atoms with Crippen LogP contribution in [0.15, 0.2) is 42.5 Å². The molecule has 4 N–H and O–H groups in total. The summed E-state index contributed by atoms with van der Waals surface area (Å²) in [6, 6.07) is 13.4. The molecule has 1 aliphatic carbocycles. The Morgan fingerprint density at radius 3 is 2.53 bits per heavy atom. The number of nitrogens with one attached hydrogen (secondary N) is 2. The summed E-state index contributed by atoms with van der Waals surface area (Å²) < 4.78 is 0. The van der Waals surface area contributed by atoms with Crippen LogP contribution in [0.5, 0.6) is 0 Å². The lowest BCUT2D eigenvalue weighted by Crippen LogP contribution is -2.34. The van der Waals surface area contributed by atoms with Gasteiger partial charge in [0.25, 0.3) is 11.8 Å². The van der Waals surface area contributed by atoms with Crippen LogP contribution in [0.3, 0.4) is 0 Å². The predicted molar refractivity (Wildman–Crippen MR) is 135 cm³/mol. The van der Waals surface area contributed by atoms with E-state index < -0.39 is 5.91 Å². The minimum Gasteiger partial charge on any atom is -0.365 e. The number of thiocarbonyl (C=S) groups is 1. The lowest BCUT2D eigenvalue weighted by atomic mass is 9.72. The first-order valence-electron chi connectivity index (χ1n) is 10.7. The van der Waals surface area contributed by atoms with Gasteiger partial charge in [0, 0.05) is 10.4 Å². The normalized spacial score (nSPS) is 15.8. The van der Waals surface area contributed by atoms with Crippen molar-refractivity contribution in [2.75, 3.05) is 5.32 Å². The average Bonchev–Trinajstić information content (AvgIpc) is 3.09. The molecular weight excluding hydrogens is 438 g/mol. The first kappa shape index (κ1) is 22.4. The molecule has 0 bridgehead atoms. The van der Waals surface area contributed by atoms with Gasteiger partial charge in [-0.15, -0.1) is 11.3 Å². The van der Waals surface area contributed by atoms with Crippen molar-refractivity contribution >= 4 is 56.3 Å². The molecule has 0 aliphatic heterocycles. The molecule has 32 heavy (non-hydrogen) atoms. The zero-order valence-corrected chi connectivity index (χ0v) is 20.1. The molecule has 2 amide bonds. The Labute approximate surface area is 197 Å². The summed E-state index contributed by atoms with van der Waals surface area (Å²) in [7, 11) is 0. The van der Waals surface area contributed by atoms with E-state index in [0.717, 1.165) is 35.6 Å². The Bertz CT molecular complexity index is 1220. The lowest BCUT2D eigenvalue weighted by Gasteiger charge is -2.33. The summed E-state index contributed by atoms with van der Waals surface area (Å²) in [4.78, 5) is 26.1. The third kappa shape index (κ3) is 4.54. The fourth-order valence-corrected chi connectivity index (χ4v) is 5.91. The molecule has 0 radical (unpaired) electrons. The van der Waals surface area contributed by atoms with E-state index in [1.165, 1.54) is 16.2 Å². The summed E-state index contributed by atoms with van der Waals surface area (Å²) in [5.41, 5.74) is 7.96. The first-order valence-corrected chi connectivity index (χ1v) is 11.9. The van der Waals surface area contributed by atoms with Crippen LogP contribution in [0, 0.1) is 11.3 Å². The summed E-state index contributed by atoms with van der Waals surface area (Å²) in [5, 5.41) is 8.59. The van der Waals surface area contributed by atoms with Crippen LogP contribution in [-0.2, 0) is 12.8 Å². The van der Waals surface area contributed by atoms with E-state index in [9.17, 15) is 9.59 Å². The van der Waals surface area contributed by atoms with Crippen LogP contribution in [0.4, 0.5) is 5.00 Å². The number of fused-ring (bicyclic) bond motifs is 2. The standard InChI is InChI=1S/C25H27N3O2S2/c1-25(2,3)17-10-11-18-19(13-17)32-23(20(18)21(26)29)28-24(31)27-22(30)16-9-8-14-6-4-5-7-15(14)12-16/h4-9,12,17H,10-11,13H2,1-3H3,(H2,26,29)(H2,27,28,30,31). The van der Waals surface area contributed by atoms with Gasteiger partial charge in [0.2, 0.25) is 0 Å². The molecule has 0 saturated carbocycles. The second-order valence-electron chi connectivity index (χ2n) is 9.35. The Morgan fingerprint density at radius 1 is 1.12 bits per heavy atom. The highest BCUT2D eigenvalue weighted by Gasteiger charge is 2.33. The molecule has 1 unspecified atom stereocenters. The largest absolute Gasteiger partial charge is 0.365 e. The monoisotopic (exact) mass is 465 g/mol. The van der Waals surface area contributed by atoms with Gasteiger partial charge in [-0.2, -0.15) is 0 Å². The number of anilines is 1. The number of carbonyl (C=O) groups is 2. The van der Waals surface area contributed by atoms with Crippen molar-refractivity contribution in [3.05, 3.63) is 64.0 Å².